The quantitative estimate of drug-likeness (QED) is 0.338. The minimum Gasteiger partial charge on any atom is -0.334 e. The second kappa shape index (κ2) is 9.73. The molecule has 0 aliphatic heterocycles. The maximum Gasteiger partial charge on any atom is 0.173 e. The van der Waals surface area contributed by atoms with Crippen LogP contribution in [0, 0.1) is 0 Å². The van der Waals surface area contributed by atoms with E-state index >= 15 is 0 Å². The molecule has 0 bridgehead atoms. The van der Waals surface area contributed by atoms with Gasteiger partial charge in [0.1, 0.15) is 0 Å². The summed E-state index contributed by atoms with van der Waals surface area (Å²) in [7, 11) is -1.23. The zero-order valence-corrected chi connectivity index (χ0v) is 16.7. The SMILES string of the molecule is CCCCOP(CCCC)OP(C(C)(C)C)C(C)(C)C. The van der Waals surface area contributed by atoms with E-state index in [1.807, 2.05) is 0 Å². The van der Waals surface area contributed by atoms with Crippen LogP contribution in [-0.2, 0) is 8.83 Å². The zero-order valence-electron chi connectivity index (χ0n) is 15.0. The number of rotatable bonds is 9. The van der Waals surface area contributed by atoms with Gasteiger partial charge in [-0.2, -0.15) is 0 Å². The van der Waals surface area contributed by atoms with Crippen LogP contribution in [0.1, 0.15) is 81.1 Å². The van der Waals surface area contributed by atoms with E-state index in [0.29, 0.717) is 0 Å². The van der Waals surface area contributed by atoms with E-state index < -0.39 is 16.5 Å². The Labute approximate surface area is 130 Å². The molecule has 0 aromatic carbocycles. The van der Waals surface area contributed by atoms with Crippen molar-refractivity contribution in [2.45, 2.75) is 91.4 Å². The van der Waals surface area contributed by atoms with Crippen LogP contribution in [0.25, 0.3) is 0 Å². The highest BCUT2D eigenvalue weighted by Crippen LogP contribution is 2.67. The van der Waals surface area contributed by atoms with Crippen LogP contribution in [0.5, 0.6) is 0 Å². The van der Waals surface area contributed by atoms with E-state index in [4.69, 9.17) is 8.83 Å². The first-order valence-electron chi connectivity index (χ1n) is 8.01. The Hall–Kier alpha value is 0.780. The van der Waals surface area contributed by atoms with E-state index in [-0.39, 0.29) is 10.3 Å². The molecule has 0 N–H and O–H groups in total. The predicted octanol–water partition coefficient (Wildman–Crippen LogP) is 6.93. The van der Waals surface area contributed by atoms with Crippen molar-refractivity contribution in [3.8, 4) is 0 Å². The average Bonchev–Trinajstić information content (AvgIpc) is 2.28. The molecule has 0 saturated carbocycles. The molecule has 4 heteroatoms. The topological polar surface area (TPSA) is 18.5 Å². The van der Waals surface area contributed by atoms with Crippen LogP contribution in [0.3, 0.4) is 0 Å². The summed E-state index contributed by atoms with van der Waals surface area (Å²) in [6.45, 7) is 19.1. The van der Waals surface area contributed by atoms with Crippen molar-refractivity contribution in [3.05, 3.63) is 0 Å². The van der Waals surface area contributed by atoms with Crippen LogP contribution >= 0.6 is 16.5 Å². The third-order valence-corrected chi connectivity index (χ3v) is 7.79. The van der Waals surface area contributed by atoms with Gasteiger partial charge in [0.2, 0.25) is 0 Å². The molecule has 0 saturated heterocycles. The molecule has 0 amide bonds. The van der Waals surface area contributed by atoms with E-state index in [1.54, 1.807) is 0 Å². The van der Waals surface area contributed by atoms with Gasteiger partial charge in [-0.3, -0.25) is 0 Å². The third-order valence-electron chi connectivity index (χ3n) is 2.82. The van der Waals surface area contributed by atoms with Gasteiger partial charge in [-0.05, 0) is 12.8 Å². The molecule has 0 aliphatic rings. The summed E-state index contributed by atoms with van der Waals surface area (Å²) in [6.07, 6.45) is 5.82. The van der Waals surface area contributed by atoms with Gasteiger partial charge in [0.15, 0.2) is 8.38 Å². The van der Waals surface area contributed by atoms with Crippen molar-refractivity contribution in [1.29, 1.82) is 0 Å². The normalized spacial score (nSPS) is 14.8. The monoisotopic (exact) mass is 322 g/mol. The molecule has 0 aromatic heterocycles. The first-order valence-corrected chi connectivity index (χ1v) is 10.6. The molecule has 0 aliphatic carbocycles. The second-order valence-corrected chi connectivity index (χ2v) is 12.6. The van der Waals surface area contributed by atoms with E-state index in [1.165, 1.54) is 19.3 Å². The molecule has 0 rings (SSSR count). The fourth-order valence-corrected chi connectivity index (χ4v) is 8.32. The first kappa shape index (κ1) is 20.8. The molecule has 1 unspecified atom stereocenters. The lowest BCUT2D eigenvalue weighted by atomic mass is 10.2. The smallest absolute Gasteiger partial charge is 0.173 e. The lowest BCUT2D eigenvalue weighted by Gasteiger charge is -2.41. The van der Waals surface area contributed by atoms with Gasteiger partial charge in [0, 0.05) is 24.6 Å². The zero-order chi connectivity index (χ0) is 15.8. The van der Waals surface area contributed by atoms with Gasteiger partial charge in [0.05, 0.1) is 6.61 Å². The highest BCUT2D eigenvalue weighted by atomic mass is 31.2. The summed E-state index contributed by atoms with van der Waals surface area (Å²) in [4.78, 5) is 0. The Balaban J connectivity index is 4.70. The molecule has 20 heavy (non-hydrogen) atoms. The molecule has 0 spiro atoms. The summed E-state index contributed by atoms with van der Waals surface area (Å²) in [5.41, 5.74) is 0. The molecule has 1 atom stereocenters. The molecular weight excluding hydrogens is 286 g/mol. The summed E-state index contributed by atoms with van der Waals surface area (Å²) in [5, 5.41) is 0.406. The summed E-state index contributed by atoms with van der Waals surface area (Å²) >= 11 is 0. The average molecular weight is 322 g/mol. The van der Waals surface area contributed by atoms with Crippen molar-refractivity contribution in [3.63, 3.8) is 0 Å². The summed E-state index contributed by atoms with van der Waals surface area (Å²) in [5.74, 6) is 0. The van der Waals surface area contributed by atoms with Gasteiger partial charge >= 0.3 is 0 Å². The van der Waals surface area contributed by atoms with E-state index in [0.717, 1.165) is 19.2 Å². The molecule has 0 aromatic rings. The van der Waals surface area contributed by atoms with Crippen molar-refractivity contribution in [2.75, 3.05) is 12.8 Å². The van der Waals surface area contributed by atoms with Crippen molar-refractivity contribution < 1.29 is 8.83 Å². The Kier molecular flexibility index (Phi) is 10.1. The molecule has 0 heterocycles. The highest BCUT2D eigenvalue weighted by molar-refractivity contribution is 7.65. The van der Waals surface area contributed by atoms with Crippen LogP contribution in [0.2, 0.25) is 0 Å². The Morgan fingerprint density at radius 2 is 1.30 bits per heavy atom. The predicted molar refractivity (Wildman–Crippen MR) is 95.1 cm³/mol. The maximum atomic E-state index is 6.54. The summed E-state index contributed by atoms with van der Waals surface area (Å²) < 4.78 is 12.6. The molecule has 2 nitrogen and oxygen atoms in total. The van der Waals surface area contributed by atoms with Gasteiger partial charge in [-0.15, -0.1) is 0 Å². The Bertz CT molecular complexity index is 230. The fraction of sp³-hybridized carbons (Fsp3) is 1.00. The van der Waals surface area contributed by atoms with Gasteiger partial charge in [0.25, 0.3) is 0 Å². The number of hydrogen-bond donors (Lipinski definition) is 0. The van der Waals surface area contributed by atoms with Crippen LogP contribution in [0.4, 0.5) is 0 Å². The largest absolute Gasteiger partial charge is 0.334 e. The molecule has 122 valence electrons. The number of unbranched alkanes of at least 4 members (excludes halogenated alkanes) is 2. The van der Waals surface area contributed by atoms with E-state index in [9.17, 15) is 0 Å². The Morgan fingerprint density at radius 1 is 0.800 bits per heavy atom. The lowest BCUT2D eigenvalue weighted by Crippen LogP contribution is -2.25. The Morgan fingerprint density at radius 3 is 1.70 bits per heavy atom. The van der Waals surface area contributed by atoms with Gasteiger partial charge in [-0.1, -0.05) is 68.2 Å². The minimum absolute atomic E-state index is 0.203. The first-order chi connectivity index (χ1) is 9.12. The molecule has 0 fully saturated rings. The third kappa shape index (κ3) is 8.93. The minimum atomic E-state index is -0.717. The van der Waals surface area contributed by atoms with Crippen LogP contribution in [-0.4, -0.2) is 23.1 Å². The summed E-state index contributed by atoms with van der Waals surface area (Å²) in [6, 6.07) is 0. The fourth-order valence-electron chi connectivity index (χ4n) is 2.07. The van der Waals surface area contributed by atoms with Crippen LogP contribution < -0.4 is 0 Å². The van der Waals surface area contributed by atoms with Crippen molar-refractivity contribution in [1.82, 2.24) is 0 Å². The van der Waals surface area contributed by atoms with E-state index in [2.05, 4.69) is 55.4 Å². The maximum absolute atomic E-state index is 6.54. The lowest BCUT2D eigenvalue weighted by molar-refractivity contribution is 0.307. The standard InChI is InChI=1S/C16H36O2P2/c1-9-11-13-17-19(14-12-10-2)18-20(15(3,4)5)16(6,7)8/h9-14H2,1-8H3. The highest BCUT2D eigenvalue weighted by Gasteiger charge is 2.38. The number of hydrogen-bond acceptors (Lipinski definition) is 2. The van der Waals surface area contributed by atoms with Crippen molar-refractivity contribution in [2.24, 2.45) is 0 Å². The second-order valence-electron chi connectivity index (χ2n) is 7.31. The van der Waals surface area contributed by atoms with Gasteiger partial charge in [-0.25, -0.2) is 0 Å². The van der Waals surface area contributed by atoms with Crippen LogP contribution in [0.15, 0.2) is 0 Å². The molecular formula is C16H36O2P2. The van der Waals surface area contributed by atoms with Gasteiger partial charge < -0.3 is 8.83 Å². The van der Waals surface area contributed by atoms with Crippen molar-refractivity contribution >= 4 is 16.5 Å². The molecule has 0 radical (unpaired) electrons.